The van der Waals surface area contributed by atoms with Crippen LogP contribution < -0.4 is 5.32 Å². The number of nitro groups is 2. The fraction of sp³-hybridized carbons (Fsp3) is 0.647. The number of nitro benzene ring substituents is 2. The van der Waals surface area contributed by atoms with E-state index in [-0.39, 0.29) is 35.6 Å². The molecule has 1 unspecified atom stereocenters. The van der Waals surface area contributed by atoms with E-state index in [2.05, 4.69) is 5.32 Å². The van der Waals surface area contributed by atoms with E-state index in [0.717, 1.165) is 12.8 Å². The second-order valence-corrected chi connectivity index (χ2v) is 6.33. The maximum absolute atomic E-state index is 11.8. The molecular weight excluding hydrogens is 326 g/mol. The van der Waals surface area contributed by atoms with Gasteiger partial charge < -0.3 is 10.1 Å². The van der Waals surface area contributed by atoms with Crippen molar-refractivity contribution in [3.8, 4) is 0 Å². The fourth-order valence-electron chi connectivity index (χ4n) is 2.95. The number of rotatable bonds is 10. The lowest BCUT2D eigenvalue weighted by molar-refractivity contribution is -0.393. The van der Waals surface area contributed by atoms with E-state index in [9.17, 15) is 20.2 Å². The first-order valence-electron chi connectivity index (χ1n) is 8.52. The Bertz CT molecular complexity index is 631. The second-order valence-electron chi connectivity index (χ2n) is 6.33. The quantitative estimate of drug-likeness (QED) is 0.480. The van der Waals surface area contributed by atoms with Crippen LogP contribution in [-0.2, 0) is 11.3 Å². The van der Waals surface area contributed by atoms with Gasteiger partial charge in [-0.15, -0.1) is 0 Å². The van der Waals surface area contributed by atoms with Gasteiger partial charge in [-0.25, -0.2) is 0 Å². The standard InChI is InChI=1S/C17H27N3O5/c1-6-8-12(7-2)18-16-15(19(21)22)9-13(11(3)4)14(10-25-5)17(16)20(23)24/h9,11-12,18H,6-8,10H2,1-5H3. The Labute approximate surface area is 147 Å². The van der Waals surface area contributed by atoms with Gasteiger partial charge in [0.1, 0.15) is 0 Å². The van der Waals surface area contributed by atoms with Crippen LogP contribution in [0.1, 0.15) is 64.0 Å². The number of hydrogen-bond acceptors (Lipinski definition) is 6. The van der Waals surface area contributed by atoms with Gasteiger partial charge in [0.05, 0.1) is 22.0 Å². The van der Waals surface area contributed by atoms with Crippen molar-refractivity contribution in [2.24, 2.45) is 0 Å². The van der Waals surface area contributed by atoms with Gasteiger partial charge in [-0.1, -0.05) is 34.1 Å². The van der Waals surface area contributed by atoms with Crippen LogP contribution in [0.25, 0.3) is 0 Å². The first-order chi connectivity index (χ1) is 11.8. The Morgan fingerprint density at radius 1 is 1.20 bits per heavy atom. The van der Waals surface area contributed by atoms with E-state index in [0.29, 0.717) is 17.5 Å². The molecule has 25 heavy (non-hydrogen) atoms. The Morgan fingerprint density at radius 3 is 2.24 bits per heavy atom. The van der Waals surface area contributed by atoms with Crippen LogP contribution in [0.4, 0.5) is 17.1 Å². The highest BCUT2D eigenvalue weighted by Gasteiger charge is 2.33. The van der Waals surface area contributed by atoms with E-state index in [1.165, 1.54) is 13.2 Å². The minimum absolute atomic E-state index is 0.0215. The van der Waals surface area contributed by atoms with Crippen LogP contribution in [0.2, 0.25) is 0 Å². The molecule has 1 aromatic carbocycles. The third-order valence-electron chi connectivity index (χ3n) is 4.19. The molecule has 0 radical (unpaired) electrons. The maximum atomic E-state index is 11.8. The number of nitrogens with one attached hydrogen (secondary N) is 1. The van der Waals surface area contributed by atoms with Crippen LogP contribution in [0.15, 0.2) is 6.07 Å². The van der Waals surface area contributed by atoms with E-state index in [4.69, 9.17) is 4.74 Å². The second kappa shape index (κ2) is 9.31. The molecule has 1 aromatic rings. The van der Waals surface area contributed by atoms with Crippen molar-refractivity contribution in [1.29, 1.82) is 0 Å². The Hall–Kier alpha value is -2.22. The van der Waals surface area contributed by atoms with Crippen molar-refractivity contribution in [2.75, 3.05) is 12.4 Å². The summed E-state index contributed by atoms with van der Waals surface area (Å²) in [5.74, 6) is -0.103. The number of benzene rings is 1. The SMILES string of the molecule is CCCC(CC)Nc1c([N+](=O)[O-])cc(C(C)C)c(COC)c1[N+](=O)[O-]. The molecule has 1 atom stereocenters. The highest BCUT2D eigenvalue weighted by Crippen LogP contribution is 2.42. The molecule has 1 rings (SSSR count). The molecule has 0 aromatic heterocycles. The molecule has 8 nitrogen and oxygen atoms in total. The fourth-order valence-corrected chi connectivity index (χ4v) is 2.95. The highest BCUT2D eigenvalue weighted by molar-refractivity contribution is 5.78. The van der Waals surface area contributed by atoms with Crippen LogP contribution >= 0.6 is 0 Å². The first-order valence-corrected chi connectivity index (χ1v) is 8.52. The van der Waals surface area contributed by atoms with Gasteiger partial charge in [0, 0.05) is 19.2 Å². The van der Waals surface area contributed by atoms with Crippen molar-refractivity contribution in [3.05, 3.63) is 37.4 Å². The monoisotopic (exact) mass is 353 g/mol. The minimum Gasteiger partial charge on any atom is -0.380 e. The summed E-state index contributed by atoms with van der Waals surface area (Å²) in [6.45, 7) is 7.68. The van der Waals surface area contributed by atoms with Gasteiger partial charge in [-0.05, 0) is 24.3 Å². The number of methoxy groups -OCH3 is 1. The summed E-state index contributed by atoms with van der Waals surface area (Å²) >= 11 is 0. The summed E-state index contributed by atoms with van der Waals surface area (Å²) < 4.78 is 5.14. The van der Waals surface area contributed by atoms with Crippen molar-refractivity contribution in [2.45, 2.75) is 65.5 Å². The zero-order chi connectivity index (χ0) is 19.1. The Morgan fingerprint density at radius 2 is 1.84 bits per heavy atom. The van der Waals surface area contributed by atoms with Gasteiger partial charge in [-0.3, -0.25) is 20.2 Å². The van der Waals surface area contributed by atoms with Gasteiger partial charge in [-0.2, -0.15) is 0 Å². The van der Waals surface area contributed by atoms with Crippen LogP contribution in [0.3, 0.4) is 0 Å². The van der Waals surface area contributed by atoms with Crippen molar-refractivity contribution < 1.29 is 14.6 Å². The highest BCUT2D eigenvalue weighted by atomic mass is 16.6. The van der Waals surface area contributed by atoms with Crippen molar-refractivity contribution in [3.63, 3.8) is 0 Å². The number of anilines is 1. The molecular formula is C17H27N3O5. The summed E-state index contributed by atoms with van der Waals surface area (Å²) in [7, 11) is 1.45. The zero-order valence-electron chi connectivity index (χ0n) is 15.5. The number of hydrogen-bond donors (Lipinski definition) is 1. The molecule has 0 aliphatic carbocycles. The summed E-state index contributed by atoms with van der Waals surface area (Å²) in [5.41, 5.74) is 0.419. The van der Waals surface area contributed by atoms with Crippen LogP contribution in [0.5, 0.6) is 0 Å². The topological polar surface area (TPSA) is 108 Å². The summed E-state index contributed by atoms with van der Waals surface area (Å²) in [6.07, 6.45) is 2.37. The summed E-state index contributed by atoms with van der Waals surface area (Å²) in [6, 6.07) is 1.37. The smallest absolute Gasteiger partial charge is 0.305 e. The molecule has 0 saturated carbocycles. The van der Waals surface area contributed by atoms with Gasteiger partial charge in [0.25, 0.3) is 5.69 Å². The average molecular weight is 353 g/mol. The Balaban J connectivity index is 3.72. The molecule has 0 saturated heterocycles. The molecule has 0 aliphatic rings. The van der Waals surface area contributed by atoms with E-state index in [1.807, 2.05) is 27.7 Å². The molecule has 0 spiro atoms. The normalized spacial score (nSPS) is 12.2. The predicted molar refractivity (Wildman–Crippen MR) is 97.2 cm³/mol. The van der Waals surface area contributed by atoms with E-state index >= 15 is 0 Å². The summed E-state index contributed by atoms with van der Waals surface area (Å²) in [4.78, 5) is 22.3. The first kappa shape index (κ1) is 20.8. The number of ether oxygens (including phenoxy) is 1. The minimum atomic E-state index is -0.559. The zero-order valence-corrected chi connectivity index (χ0v) is 15.5. The van der Waals surface area contributed by atoms with Crippen molar-refractivity contribution in [1.82, 2.24) is 0 Å². The Kier molecular flexibility index (Phi) is 7.76. The lowest BCUT2D eigenvalue weighted by atomic mass is 9.93. The van der Waals surface area contributed by atoms with E-state index in [1.54, 1.807) is 0 Å². The van der Waals surface area contributed by atoms with Gasteiger partial charge >= 0.3 is 5.69 Å². The van der Waals surface area contributed by atoms with E-state index < -0.39 is 9.85 Å². The molecule has 0 bridgehead atoms. The van der Waals surface area contributed by atoms with Crippen molar-refractivity contribution >= 4 is 17.1 Å². The average Bonchev–Trinajstić information content (AvgIpc) is 2.53. The molecule has 1 N–H and O–H groups in total. The maximum Gasteiger partial charge on any atom is 0.305 e. The molecule has 140 valence electrons. The summed E-state index contributed by atoms with van der Waals surface area (Å²) in [5, 5.41) is 26.4. The largest absolute Gasteiger partial charge is 0.380 e. The van der Waals surface area contributed by atoms with Gasteiger partial charge in [0.2, 0.25) is 0 Å². The molecule has 0 fully saturated rings. The lowest BCUT2D eigenvalue weighted by Crippen LogP contribution is -2.21. The molecule has 0 amide bonds. The lowest BCUT2D eigenvalue weighted by Gasteiger charge is -2.20. The predicted octanol–water partition coefficient (Wildman–Crippen LogP) is 4.76. The number of nitrogens with zero attached hydrogens (tertiary/aromatic N) is 2. The third kappa shape index (κ3) is 4.88. The van der Waals surface area contributed by atoms with Gasteiger partial charge in [0.15, 0.2) is 5.69 Å². The third-order valence-corrected chi connectivity index (χ3v) is 4.19. The molecule has 0 heterocycles. The van der Waals surface area contributed by atoms with Crippen LogP contribution in [-0.4, -0.2) is 23.0 Å². The molecule has 8 heteroatoms. The molecule has 0 aliphatic heterocycles. The van der Waals surface area contributed by atoms with Crippen LogP contribution in [0, 0.1) is 20.2 Å².